The standard InChI is InChI=1S/C13H18Cl2N2/c14-11-5-4-10(13(15)7-11)9-17-6-2-1-3-12(17)8-16/h4-5,7,12H,1-3,6,8-9,16H2. The lowest BCUT2D eigenvalue weighted by atomic mass is 10.0. The summed E-state index contributed by atoms with van der Waals surface area (Å²) in [5, 5.41) is 1.44. The van der Waals surface area contributed by atoms with Crippen LogP contribution in [0.25, 0.3) is 0 Å². The molecule has 0 aromatic heterocycles. The third kappa shape index (κ3) is 3.35. The van der Waals surface area contributed by atoms with E-state index in [4.69, 9.17) is 28.9 Å². The average Bonchev–Trinajstić information content (AvgIpc) is 2.33. The monoisotopic (exact) mass is 272 g/mol. The molecule has 0 radical (unpaired) electrons. The molecule has 2 nitrogen and oxygen atoms in total. The zero-order valence-electron chi connectivity index (χ0n) is 9.83. The van der Waals surface area contributed by atoms with E-state index in [2.05, 4.69) is 4.90 Å². The molecule has 0 spiro atoms. The van der Waals surface area contributed by atoms with Gasteiger partial charge in [-0.1, -0.05) is 35.7 Å². The van der Waals surface area contributed by atoms with E-state index in [9.17, 15) is 0 Å². The third-order valence-corrected chi connectivity index (χ3v) is 4.00. The molecule has 1 aromatic carbocycles. The van der Waals surface area contributed by atoms with Crippen molar-refractivity contribution in [2.45, 2.75) is 31.8 Å². The van der Waals surface area contributed by atoms with Crippen molar-refractivity contribution in [3.63, 3.8) is 0 Å². The van der Waals surface area contributed by atoms with Gasteiger partial charge in [0.15, 0.2) is 0 Å². The Kier molecular flexibility index (Phi) is 4.69. The lowest BCUT2D eigenvalue weighted by Gasteiger charge is -2.35. The van der Waals surface area contributed by atoms with Crippen LogP contribution >= 0.6 is 23.2 Å². The lowest BCUT2D eigenvalue weighted by molar-refractivity contribution is 0.145. The van der Waals surface area contributed by atoms with Crippen molar-refractivity contribution >= 4 is 23.2 Å². The second-order valence-electron chi connectivity index (χ2n) is 4.59. The van der Waals surface area contributed by atoms with Gasteiger partial charge in [0.2, 0.25) is 0 Å². The summed E-state index contributed by atoms with van der Waals surface area (Å²) >= 11 is 12.1. The molecule has 1 unspecified atom stereocenters. The van der Waals surface area contributed by atoms with Crippen LogP contribution in [-0.4, -0.2) is 24.0 Å². The number of halogens is 2. The van der Waals surface area contributed by atoms with Crippen molar-refractivity contribution in [1.29, 1.82) is 0 Å². The third-order valence-electron chi connectivity index (χ3n) is 3.41. The van der Waals surface area contributed by atoms with Gasteiger partial charge in [0.1, 0.15) is 0 Å². The minimum Gasteiger partial charge on any atom is -0.329 e. The SMILES string of the molecule is NCC1CCCCN1Cc1ccc(Cl)cc1Cl. The molecule has 4 heteroatoms. The second kappa shape index (κ2) is 6.05. The molecule has 1 aliphatic rings. The maximum atomic E-state index is 6.20. The van der Waals surface area contributed by atoms with E-state index in [-0.39, 0.29) is 0 Å². The molecule has 0 saturated carbocycles. The van der Waals surface area contributed by atoms with Crippen LogP contribution in [-0.2, 0) is 6.54 Å². The first kappa shape index (κ1) is 13.2. The molecule has 1 atom stereocenters. The first-order valence-electron chi connectivity index (χ1n) is 6.08. The molecule has 1 saturated heterocycles. The van der Waals surface area contributed by atoms with E-state index in [0.717, 1.165) is 30.2 Å². The van der Waals surface area contributed by atoms with E-state index in [0.29, 0.717) is 11.1 Å². The Morgan fingerprint density at radius 3 is 2.82 bits per heavy atom. The maximum Gasteiger partial charge on any atom is 0.0465 e. The van der Waals surface area contributed by atoms with Crippen LogP contribution in [0, 0.1) is 0 Å². The molecule has 0 amide bonds. The Labute approximate surface area is 113 Å². The summed E-state index contributed by atoms with van der Waals surface area (Å²) in [7, 11) is 0. The molecule has 1 aliphatic heterocycles. The Hall–Kier alpha value is -0.280. The first-order valence-corrected chi connectivity index (χ1v) is 6.84. The molecule has 0 bridgehead atoms. The van der Waals surface area contributed by atoms with Crippen LogP contribution in [0.5, 0.6) is 0 Å². The maximum absolute atomic E-state index is 6.20. The first-order chi connectivity index (χ1) is 8.20. The number of hydrogen-bond acceptors (Lipinski definition) is 2. The summed E-state index contributed by atoms with van der Waals surface area (Å²) in [4.78, 5) is 2.43. The summed E-state index contributed by atoms with van der Waals surface area (Å²) in [6.07, 6.45) is 3.73. The lowest BCUT2D eigenvalue weighted by Crippen LogP contribution is -2.43. The van der Waals surface area contributed by atoms with Crippen molar-refractivity contribution < 1.29 is 0 Å². The predicted molar refractivity (Wildman–Crippen MR) is 73.6 cm³/mol. The van der Waals surface area contributed by atoms with Crippen LogP contribution in [0.4, 0.5) is 0 Å². The van der Waals surface area contributed by atoms with Gasteiger partial charge in [-0.3, -0.25) is 4.90 Å². The minimum absolute atomic E-state index is 0.496. The number of rotatable bonds is 3. The summed E-state index contributed by atoms with van der Waals surface area (Å²) in [6, 6.07) is 6.20. The Morgan fingerprint density at radius 2 is 2.12 bits per heavy atom. The fraction of sp³-hybridized carbons (Fsp3) is 0.538. The van der Waals surface area contributed by atoms with Gasteiger partial charge in [-0.2, -0.15) is 0 Å². The fourth-order valence-electron chi connectivity index (χ4n) is 2.40. The second-order valence-corrected chi connectivity index (χ2v) is 5.44. The van der Waals surface area contributed by atoms with Gasteiger partial charge >= 0.3 is 0 Å². The highest BCUT2D eigenvalue weighted by molar-refractivity contribution is 6.35. The zero-order valence-corrected chi connectivity index (χ0v) is 11.3. The van der Waals surface area contributed by atoms with Crippen LogP contribution < -0.4 is 5.73 Å². The van der Waals surface area contributed by atoms with Crippen LogP contribution in [0.3, 0.4) is 0 Å². The van der Waals surface area contributed by atoms with Gasteiger partial charge in [-0.25, -0.2) is 0 Å². The number of likely N-dealkylation sites (tertiary alicyclic amines) is 1. The Balaban J connectivity index is 2.08. The molecule has 1 aromatic rings. The van der Waals surface area contributed by atoms with E-state index in [1.54, 1.807) is 6.07 Å². The van der Waals surface area contributed by atoms with Gasteiger partial charge in [-0.15, -0.1) is 0 Å². The molecular weight excluding hydrogens is 255 g/mol. The van der Waals surface area contributed by atoms with Gasteiger partial charge in [0.25, 0.3) is 0 Å². The van der Waals surface area contributed by atoms with Crippen LogP contribution in [0.15, 0.2) is 18.2 Å². The highest BCUT2D eigenvalue weighted by Gasteiger charge is 2.21. The van der Waals surface area contributed by atoms with Gasteiger partial charge in [-0.05, 0) is 37.1 Å². The quantitative estimate of drug-likeness (QED) is 0.915. The summed E-state index contributed by atoms with van der Waals surface area (Å²) < 4.78 is 0. The highest BCUT2D eigenvalue weighted by Crippen LogP contribution is 2.25. The van der Waals surface area contributed by atoms with Crippen LogP contribution in [0.1, 0.15) is 24.8 Å². The number of nitrogens with two attached hydrogens (primary N) is 1. The molecule has 17 heavy (non-hydrogen) atoms. The molecule has 1 fully saturated rings. The number of benzene rings is 1. The molecule has 94 valence electrons. The minimum atomic E-state index is 0.496. The Morgan fingerprint density at radius 1 is 1.29 bits per heavy atom. The normalized spacial score (nSPS) is 21.7. The Bertz CT molecular complexity index is 382. The van der Waals surface area contributed by atoms with Crippen molar-refractivity contribution in [2.24, 2.45) is 5.73 Å². The molecular formula is C13H18Cl2N2. The average molecular weight is 273 g/mol. The van der Waals surface area contributed by atoms with Crippen molar-refractivity contribution in [3.8, 4) is 0 Å². The zero-order chi connectivity index (χ0) is 12.3. The molecule has 2 N–H and O–H groups in total. The summed E-state index contributed by atoms with van der Waals surface area (Å²) in [5.41, 5.74) is 6.95. The van der Waals surface area contributed by atoms with E-state index in [1.807, 2.05) is 12.1 Å². The van der Waals surface area contributed by atoms with Crippen molar-refractivity contribution in [3.05, 3.63) is 33.8 Å². The number of piperidine rings is 1. The van der Waals surface area contributed by atoms with Crippen molar-refractivity contribution in [1.82, 2.24) is 4.90 Å². The highest BCUT2D eigenvalue weighted by atomic mass is 35.5. The smallest absolute Gasteiger partial charge is 0.0465 e. The van der Waals surface area contributed by atoms with Gasteiger partial charge < -0.3 is 5.73 Å². The van der Waals surface area contributed by atoms with Crippen LogP contribution in [0.2, 0.25) is 10.0 Å². The fourth-order valence-corrected chi connectivity index (χ4v) is 2.87. The van der Waals surface area contributed by atoms with Gasteiger partial charge in [0, 0.05) is 29.2 Å². The summed E-state index contributed by atoms with van der Waals surface area (Å²) in [5.74, 6) is 0. The molecule has 1 heterocycles. The van der Waals surface area contributed by atoms with Crippen molar-refractivity contribution in [2.75, 3.05) is 13.1 Å². The number of hydrogen-bond donors (Lipinski definition) is 1. The topological polar surface area (TPSA) is 29.3 Å². The predicted octanol–water partition coefficient (Wildman–Crippen LogP) is 3.31. The van der Waals surface area contributed by atoms with E-state index >= 15 is 0 Å². The van der Waals surface area contributed by atoms with Gasteiger partial charge in [0.05, 0.1) is 0 Å². The van der Waals surface area contributed by atoms with E-state index < -0.39 is 0 Å². The van der Waals surface area contributed by atoms with E-state index in [1.165, 1.54) is 19.3 Å². The summed E-state index contributed by atoms with van der Waals surface area (Å²) in [6.45, 7) is 2.71. The molecule has 2 rings (SSSR count). The molecule has 0 aliphatic carbocycles. The number of nitrogens with zero attached hydrogens (tertiary/aromatic N) is 1. The largest absolute Gasteiger partial charge is 0.329 e.